The largest absolute Gasteiger partial charge is 0.298 e. The molecule has 0 aliphatic rings. The average molecular weight is 330 g/mol. The van der Waals surface area contributed by atoms with Gasteiger partial charge in [-0.25, -0.2) is 4.98 Å². The van der Waals surface area contributed by atoms with Crippen LogP contribution < -0.4 is 0 Å². The molecule has 0 unspecified atom stereocenters. The zero-order chi connectivity index (χ0) is 10.8. The molecule has 2 aromatic rings. The van der Waals surface area contributed by atoms with Crippen LogP contribution in [0, 0.1) is 0 Å². The molecule has 0 spiro atoms. The minimum Gasteiger partial charge on any atom is -0.298 e. The number of hydrogen-bond donors (Lipinski definition) is 0. The molecule has 0 aliphatic carbocycles. The molecule has 2 aromatic heterocycles. The zero-order valence-corrected chi connectivity index (χ0v) is 10.7. The van der Waals surface area contributed by atoms with Crippen molar-refractivity contribution in [2.75, 3.05) is 0 Å². The predicted molar refractivity (Wildman–Crippen MR) is 64.4 cm³/mol. The van der Waals surface area contributed by atoms with E-state index in [4.69, 9.17) is 0 Å². The van der Waals surface area contributed by atoms with Gasteiger partial charge in [-0.15, -0.1) is 0 Å². The van der Waals surface area contributed by atoms with Gasteiger partial charge in [0.15, 0.2) is 12.1 Å². The smallest absolute Gasteiger partial charge is 0.166 e. The quantitative estimate of drug-likeness (QED) is 0.793. The summed E-state index contributed by atoms with van der Waals surface area (Å²) < 4.78 is 3.45. The molecule has 2 heterocycles. The molecule has 5 heteroatoms. The Labute approximate surface area is 103 Å². The van der Waals surface area contributed by atoms with Crippen molar-refractivity contribution in [1.82, 2.24) is 9.55 Å². The van der Waals surface area contributed by atoms with Crippen LogP contribution in [0.3, 0.4) is 0 Å². The van der Waals surface area contributed by atoms with Crippen molar-refractivity contribution in [2.45, 2.75) is 0 Å². The van der Waals surface area contributed by atoms with Gasteiger partial charge in [0.2, 0.25) is 0 Å². The molecule has 76 valence electrons. The van der Waals surface area contributed by atoms with E-state index in [0.29, 0.717) is 11.5 Å². The normalized spacial score (nSPS) is 10.3. The monoisotopic (exact) mass is 328 g/mol. The first-order valence-corrected chi connectivity index (χ1v) is 5.75. The Morgan fingerprint density at radius 2 is 2.13 bits per heavy atom. The summed E-state index contributed by atoms with van der Waals surface area (Å²) >= 11 is 6.81. The molecule has 0 bridgehead atoms. The van der Waals surface area contributed by atoms with Gasteiger partial charge in [0, 0.05) is 16.9 Å². The van der Waals surface area contributed by atoms with Crippen LogP contribution in [0.4, 0.5) is 0 Å². The van der Waals surface area contributed by atoms with Crippen molar-refractivity contribution in [2.24, 2.45) is 0 Å². The minimum absolute atomic E-state index is 0.571. The second-order valence-electron chi connectivity index (χ2n) is 2.85. The second kappa shape index (κ2) is 4.28. The lowest BCUT2D eigenvalue weighted by atomic mass is 10.4. The van der Waals surface area contributed by atoms with Gasteiger partial charge in [-0.05, 0) is 50.1 Å². The minimum atomic E-state index is 0.571. The summed E-state index contributed by atoms with van der Waals surface area (Å²) in [5, 5.41) is 0. The first-order chi connectivity index (χ1) is 7.24. The summed E-state index contributed by atoms with van der Waals surface area (Å²) in [7, 11) is 0. The molecule has 0 atom stereocenters. The molecule has 0 aromatic carbocycles. The average Bonchev–Trinajstić information content (AvgIpc) is 2.70. The van der Waals surface area contributed by atoms with E-state index in [1.165, 1.54) is 0 Å². The summed E-state index contributed by atoms with van der Waals surface area (Å²) in [5.74, 6) is 0.691. The van der Waals surface area contributed by atoms with Crippen molar-refractivity contribution >= 4 is 38.1 Å². The van der Waals surface area contributed by atoms with Crippen molar-refractivity contribution in [3.8, 4) is 5.82 Å². The van der Waals surface area contributed by atoms with E-state index < -0.39 is 0 Å². The highest BCUT2D eigenvalue weighted by Crippen LogP contribution is 2.28. The Morgan fingerprint density at radius 3 is 2.87 bits per heavy atom. The van der Waals surface area contributed by atoms with Crippen molar-refractivity contribution in [3.63, 3.8) is 0 Å². The fraction of sp³-hybridized carbons (Fsp3) is 0. The topological polar surface area (TPSA) is 34.9 Å². The molecule has 0 saturated heterocycles. The molecular formula is C10H6Br2N2O. The standard InChI is InChI=1S/C10H6Br2N2O/c11-8-3-4-13-10(9(8)12)14-5-1-2-7(14)6-15/h1-6H. The lowest BCUT2D eigenvalue weighted by Gasteiger charge is -2.07. The molecule has 3 nitrogen and oxygen atoms in total. The molecule has 0 amide bonds. The highest BCUT2D eigenvalue weighted by Gasteiger charge is 2.09. The van der Waals surface area contributed by atoms with Gasteiger partial charge < -0.3 is 0 Å². The lowest BCUT2D eigenvalue weighted by molar-refractivity contribution is 0.111. The summed E-state index contributed by atoms with van der Waals surface area (Å²) in [6.07, 6.45) is 4.27. The summed E-state index contributed by atoms with van der Waals surface area (Å²) in [4.78, 5) is 15.0. The number of nitrogens with zero attached hydrogens (tertiary/aromatic N) is 2. The Morgan fingerprint density at radius 1 is 1.33 bits per heavy atom. The zero-order valence-electron chi connectivity index (χ0n) is 7.52. The van der Waals surface area contributed by atoms with Crippen molar-refractivity contribution < 1.29 is 4.79 Å². The number of hydrogen-bond acceptors (Lipinski definition) is 2. The van der Waals surface area contributed by atoms with Crippen LogP contribution in [-0.4, -0.2) is 15.8 Å². The first kappa shape index (κ1) is 10.6. The van der Waals surface area contributed by atoms with Gasteiger partial charge in [0.1, 0.15) is 0 Å². The number of halogens is 2. The van der Waals surface area contributed by atoms with Gasteiger partial charge in [-0.3, -0.25) is 9.36 Å². The number of carbonyl (C=O) groups is 1. The van der Waals surface area contributed by atoms with Crippen molar-refractivity contribution in [1.29, 1.82) is 0 Å². The Bertz CT molecular complexity index is 508. The predicted octanol–water partition coefficient (Wildman–Crippen LogP) is 3.21. The van der Waals surface area contributed by atoms with Crippen LogP contribution in [-0.2, 0) is 0 Å². The maximum Gasteiger partial charge on any atom is 0.166 e. The summed E-state index contributed by atoms with van der Waals surface area (Å²) in [6, 6.07) is 5.37. The van der Waals surface area contributed by atoms with Gasteiger partial charge in [0.05, 0.1) is 10.2 Å². The Balaban J connectivity index is 2.64. The number of aldehydes is 1. The number of pyridine rings is 1. The van der Waals surface area contributed by atoms with Gasteiger partial charge in [-0.1, -0.05) is 0 Å². The molecule has 0 aliphatic heterocycles. The molecule has 0 radical (unpaired) electrons. The van der Waals surface area contributed by atoms with E-state index in [0.717, 1.165) is 15.2 Å². The fourth-order valence-corrected chi connectivity index (χ4v) is 1.98. The molecule has 0 saturated carbocycles. The highest BCUT2D eigenvalue weighted by atomic mass is 79.9. The van der Waals surface area contributed by atoms with Gasteiger partial charge in [0.25, 0.3) is 0 Å². The molecule has 2 rings (SSSR count). The van der Waals surface area contributed by atoms with Crippen LogP contribution in [0.5, 0.6) is 0 Å². The van der Waals surface area contributed by atoms with Gasteiger partial charge >= 0.3 is 0 Å². The van der Waals surface area contributed by atoms with E-state index >= 15 is 0 Å². The van der Waals surface area contributed by atoms with E-state index in [9.17, 15) is 4.79 Å². The van der Waals surface area contributed by atoms with Crippen LogP contribution in [0.25, 0.3) is 5.82 Å². The van der Waals surface area contributed by atoms with Crippen LogP contribution in [0.15, 0.2) is 39.5 Å². The third kappa shape index (κ3) is 1.89. The fourth-order valence-electron chi connectivity index (χ4n) is 1.26. The SMILES string of the molecule is O=Cc1cccn1-c1nccc(Br)c1Br. The molecule has 0 fully saturated rings. The van der Waals surface area contributed by atoms with Gasteiger partial charge in [-0.2, -0.15) is 0 Å². The maximum atomic E-state index is 10.8. The van der Waals surface area contributed by atoms with E-state index in [1.807, 2.05) is 6.07 Å². The molecule has 0 N–H and O–H groups in total. The molecule has 15 heavy (non-hydrogen) atoms. The Hall–Kier alpha value is -0.940. The summed E-state index contributed by atoms with van der Waals surface area (Å²) in [6.45, 7) is 0. The molecular weight excluding hydrogens is 324 g/mol. The first-order valence-electron chi connectivity index (χ1n) is 4.17. The van der Waals surface area contributed by atoms with E-state index in [2.05, 4.69) is 36.8 Å². The highest BCUT2D eigenvalue weighted by molar-refractivity contribution is 9.13. The number of rotatable bonds is 2. The number of carbonyl (C=O) groups excluding carboxylic acids is 1. The third-order valence-electron chi connectivity index (χ3n) is 1.95. The maximum absolute atomic E-state index is 10.8. The van der Waals surface area contributed by atoms with Crippen LogP contribution in [0.2, 0.25) is 0 Å². The third-order valence-corrected chi connectivity index (χ3v) is 3.93. The number of aromatic nitrogens is 2. The Kier molecular flexibility index (Phi) is 3.02. The van der Waals surface area contributed by atoms with E-state index in [-0.39, 0.29) is 0 Å². The summed E-state index contributed by atoms with van der Waals surface area (Å²) in [5.41, 5.74) is 0.571. The van der Waals surface area contributed by atoms with Crippen LogP contribution >= 0.6 is 31.9 Å². The lowest BCUT2D eigenvalue weighted by Crippen LogP contribution is -2.01. The van der Waals surface area contributed by atoms with E-state index in [1.54, 1.807) is 29.1 Å². The van der Waals surface area contributed by atoms with Crippen molar-refractivity contribution in [3.05, 3.63) is 45.2 Å². The van der Waals surface area contributed by atoms with Crippen LogP contribution in [0.1, 0.15) is 10.5 Å². The second-order valence-corrected chi connectivity index (χ2v) is 4.50.